The third-order valence-corrected chi connectivity index (χ3v) is 2.21. The molecule has 0 spiro atoms. The highest BCUT2D eigenvalue weighted by atomic mass is 35.5. The van der Waals surface area contributed by atoms with Gasteiger partial charge in [-0.05, 0) is 24.1 Å². The van der Waals surface area contributed by atoms with E-state index in [1.54, 1.807) is 13.0 Å². The number of halogens is 4. The number of allylic oxidation sites excluding steroid dienone is 2. The Hall–Kier alpha value is -0.280. The normalized spacial score (nSPS) is 25.0. The summed E-state index contributed by atoms with van der Waals surface area (Å²) in [5.41, 5.74) is 0.763. The maximum absolute atomic E-state index is 12.5. The highest BCUT2D eigenvalue weighted by Gasteiger charge is 2.35. The fourth-order valence-corrected chi connectivity index (χ4v) is 1.22. The second-order valence-electron chi connectivity index (χ2n) is 2.81. The Labute approximate surface area is 85.4 Å². The van der Waals surface area contributed by atoms with Gasteiger partial charge in [-0.3, -0.25) is 0 Å². The molecule has 1 rings (SSSR count). The van der Waals surface area contributed by atoms with E-state index >= 15 is 0 Å². The van der Waals surface area contributed by atoms with Crippen molar-refractivity contribution in [3.8, 4) is 0 Å². The zero-order valence-electron chi connectivity index (χ0n) is 6.90. The van der Waals surface area contributed by atoms with Gasteiger partial charge >= 0.3 is 5.38 Å². The average molecular weight is 228 g/mol. The van der Waals surface area contributed by atoms with Gasteiger partial charge in [0.2, 0.25) is 0 Å². The van der Waals surface area contributed by atoms with E-state index in [2.05, 4.69) is 5.32 Å². The molecule has 1 N–H and O–H groups in total. The molecule has 0 saturated carbocycles. The van der Waals surface area contributed by atoms with E-state index < -0.39 is 11.4 Å². The molecule has 1 aliphatic rings. The van der Waals surface area contributed by atoms with Crippen molar-refractivity contribution in [2.45, 2.75) is 23.7 Å². The third-order valence-electron chi connectivity index (χ3n) is 1.72. The second-order valence-corrected chi connectivity index (χ2v) is 3.96. The number of nitrogens with one attached hydrogen (secondary N) is 1. The van der Waals surface area contributed by atoms with Crippen LogP contribution < -0.4 is 5.32 Å². The first kappa shape index (κ1) is 10.8. The van der Waals surface area contributed by atoms with E-state index in [4.69, 9.17) is 23.2 Å². The van der Waals surface area contributed by atoms with Gasteiger partial charge in [-0.15, -0.1) is 11.6 Å². The van der Waals surface area contributed by atoms with Crippen LogP contribution in [0, 0.1) is 0 Å². The lowest BCUT2D eigenvalue weighted by molar-refractivity contribution is 0.0724. The number of hydrogen-bond donors (Lipinski definition) is 1. The van der Waals surface area contributed by atoms with Crippen LogP contribution in [0.5, 0.6) is 0 Å². The minimum atomic E-state index is -3.27. The van der Waals surface area contributed by atoms with Crippen LogP contribution in [0.3, 0.4) is 0 Å². The van der Waals surface area contributed by atoms with Gasteiger partial charge < -0.3 is 5.32 Å². The van der Waals surface area contributed by atoms with E-state index in [1.165, 1.54) is 12.3 Å². The minimum absolute atomic E-state index is 0.200. The fraction of sp³-hybridized carbons (Fsp3) is 0.500. The van der Waals surface area contributed by atoms with Crippen LogP contribution in [-0.4, -0.2) is 16.8 Å². The molecular formula is C8H9Cl2F2N. The summed E-state index contributed by atoms with van der Waals surface area (Å²) in [6.45, 7) is 1.76. The Morgan fingerprint density at radius 1 is 1.62 bits per heavy atom. The molecule has 5 heteroatoms. The molecule has 74 valence electrons. The quantitative estimate of drug-likeness (QED) is 0.716. The van der Waals surface area contributed by atoms with Crippen LogP contribution >= 0.6 is 23.2 Å². The van der Waals surface area contributed by atoms with Crippen molar-refractivity contribution < 1.29 is 8.78 Å². The molecule has 0 radical (unpaired) electrons. The molecule has 0 aromatic rings. The minimum Gasteiger partial charge on any atom is -0.378 e. The first-order chi connectivity index (χ1) is 5.91. The van der Waals surface area contributed by atoms with E-state index in [1.807, 2.05) is 0 Å². The molecule has 2 unspecified atom stereocenters. The van der Waals surface area contributed by atoms with Crippen molar-refractivity contribution >= 4 is 23.2 Å². The predicted octanol–water partition coefficient (Wildman–Crippen LogP) is 2.86. The lowest BCUT2D eigenvalue weighted by atomic mass is 10.1. The summed E-state index contributed by atoms with van der Waals surface area (Å²) in [4.78, 5) is 0. The molecular weight excluding hydrogens is 219 g/mol. The SMILES string of the molecule is CC(Cl)C1=CNC(C(F)(F)Cl)C=C1. The van der Waals surface area contributed by atoms with Gasteiger partial charge in [0.1, 0.15) is 6.04 Å². The monoisotopic (exact) mass is 227 g/mol. The number of dihydropyridines is 1. The van der Waals surface area contributed by atoms with Crippen molar-refractivity contribution in [2.75, 3.05) is 0 Å². The number of hydrogen-bond acceptors (Lipinski definition) is 1. The van der Waals surface area contributed by atoms with Gasteiger partial charge in [-0.1, -0.05) is 12.2 Å². The molecule has 0 saturated heterocycles. The molecule has 0 aliphatic carbocycles. The van der Waals surface area contributed by atoms with Crippen LogP contribution in [0.15, 0.2) is 23.9 Å². The molecule has 1 nitrogen and oxygen atoms in total. The Morgan fingerprint density at radius 2 is 2.23 bits per heavy atom. The Morgan fingerprint density at radius 3 is 2.54 bits per heavy atom. The van der Waals surface area contributed by atoms with Crippen LogP contribution in [0.2, 0.25) is 0 Å². The topological polar surface area (TPSA) is 12.0 Å². The molecule has 0 aromatic carbocycles. The summed E-state index contributed by atoms with van der Waals surface area (Å²) in [7, 11) is 0. The zero-order valence-corrected chi connectivity index (χ0v) is 8.41. The number of rotatable bonds is 2. The lowest BCUT2D eigenvalue weighted by Gasteiger charge is -2.22. The second kappa shape index (κ2) is 3.84. The van der Waals surface area contributed by atoms with E-state index in [0.717, 1.165) is 5.57 Å². The molecule has 0 aromatic heterocycles. The van der Waals surface area contributed by atoms with Crippen LogP contribution in [0.25, 0.3) is 0 Å². The van der Waals surface area contributed by atoms with Crippen LogP contribution in [0.1, 0.15) is 6.92 Å². The van der Waals surface area contributed by atoms with Gasteiger partial charge in [0, 0.05) is 6.20 Å². The third kappa shape index (κ3) is 2.85. The van der Waals surface area contributed by atoms with E-state index in [-0.39, 0.29) is 5.38 Å². The zero-order chi connectivity index (χ0) is 10.1. The molecule has 0 amide bonds. The molecule has 1 heterocycles. The first-order valence-electron chi connectivity index (χ1n) is 3.76. The van der Waals surface area contributed by atoms with Gasteiger partial charge in [-0.2, -0.15) is 8.78 Å². The standard InChI is InChI=1S/C8H9Cl2F2N/c1-5(9)6-2-3-7(13-4-6)8(10,11)12/h2-5,7,13H,1H3. The summed E-state index contributed by atoms with van der Waals surface area (Å²) in [5, 5.41) is -0.995. The smallest absolute Gasteiger partial charge is 0.344 e. The van der Waals surface area contributed by atoms with Gasteiger partial charge in [-0.25, -0.2) is 0 Å². The summed E-state index contributed by atoms with van der Waals surface area (Å²) in [6.07, 6.45) is 4.31. The average Bonchev–Trinajstić information content (AvgIpc) is 2.03. The summed E-state index contributed by atoms with van der Waals surface area (Å²) in [5.74, 6) is 0. The maximum atomic E-state index is 12.5. The van der Waals surface area contributed by atoms with Crippen molar-refractivity contribution in [3.05, 3.63) is 23.9 Å². The van der Waals surface area contributed by atoms with Gasteiger partial charge in [0.25, 0.3) is 0 Å². The van der Waals surface area contributed by atoms with Crippen molar-refractivity contribution in [2.24, 2.45) is 0 Å². The maximum Gasteiger partial charge on any atom is 0.344 e. The first-order valence-corrected chi connectivity index (χ1v) is 4.58. The summed E-state index contributed by atoms with van der Waals surface area (Å²) in [6, 6.07) is -1.16. The van der Waals surface area contributed by atoms with Crippen molar-refractivity contribution in [1.82, 2.24) is 5.32 Å². The van der Waals surface area contributed by atoms with Gasteiger partial charge in [0.05, 0.1) is 5.38 Å². The molecule has 1 aliphatic heterocycles. The van der Waals surface area contributed by atoms with Crippen molar-refractivity contribution in [1.29, 1.82) is 0 Å². The molecule has 13 heavy (non-hydrogen) atoms. The highest BCUT2D eigenvalue weighted by molar-refractivity contribution is 6.23. The molecule has 0 fully saturated rings. The predicted molar refractivity (Wildman–Crippen MR) is 50.3 cm³/mol. The molecule has 2 atom stereocenters. The summed E-state index contributed by atoms with van der Waals surface area (Å²) < 4.78 is 25.1. The fourth-order valence-electron chi connectivity index (χ4n) is 0.948. The Kier molecular flexibility index (Phi) is 3.19. The Balaban J connectivity index is 2.64. The Bertz CT molecular complexity index is 243. The lowest BCUT2D eigenvalue weighted by Crippen LogP contribution is -2.38. The summed E-state index contributed by atoms with van der Waals surface area (Å²) >= 11 is 10.6. The number of alkyl halides is 4. The van der Waals surface area contributed by atoms with E-state index in [0.29, 0.717) is 0 Å². The van der Waals surface area contributed by atoms with Crippen LogP contribution in [0.4, 0.5) is 8.78 Å². The molecule has 0 bridgehead atoms. The highest BCUT2D eigenvalue weighted by Crippen LogP contribution is 2.27. The van der Waals surface area contributed by atoms with Gasteiger partial charge in [0.15, 0.2) is 0 Å². The largest absolute Gasteiger partial charge is 0.378 e. The van der Waals surface area contributed by atoms with Crippen LogP contribution in [-0.2, 0) is 0 Å². The van der Waals surface area contributed by atoms with Crippen molar-refractivity contribution in [3.63, 3.8) is 0 Å². The van der Waals surface area contributed by atoms with E-state index in [9.17, 15) is 8.78 Å².